The molecule has 2 unspecified atom stereocenters. The number of nitrogens with two attached hydrogens (primary N) is 1. The van der Waals surface area contributed by atoms with E-state index >= 15 is 0 Å². The number of hydrogen-bond acceptors (Lipinski definition) is 5. The van der Waals surface area contributed by atoms with Crippen LogP contribution < -0.4 is 11.1 Å². The molecule has 1 aromatic heterocycles. The normalized spacial score (nSPS) is 22.4. The van der Waals surface area contributed by atoms with Crippen LogP contribution in [-0.2, 0) is 22.7 Å². The summed E-state index contributed by atoms with van der Waals surface area (Å²) in [5.74, 6) is -1.33. The van der Waals surface area contributed by atoms with Gasteiger partial charge in [0, 0.05) is 12.6 Å². The maximum atomic E-state index is 11.9. The van der Waals surface area contributed by atoms with Gasteiger partial charge in [-0.15, -0.1) is 5.10 Å². The topological polar surface area (TPSA) is 123 Å². The summed E-state index contributed by atoms with van der Waals surface area (Å²) < 4.78 is 1.43. The molecular weight excluding hydrogens is 262 g/mol. The highest BCUT2D eigenvalue weighted by atomic mass is 16.4. The summed E-state index contributed by atoms with van der Waals surface area (Å²) in [4.78, 5) is 22.8. The van der Waals surface area contributed by atoms with Crippen LogP contribution in [0.4, 0.5) is 0 Å². The summed E-state index contributed by atoms with van der Waals surface area (Å²) in [7, 11) is 0. The van der Waals surface area contributed by atoms with Crippen molar-refractivity contribution in [2.75, 3.05) is 0 Å². The minimum Gasteiger partial charge on any atom is -0.481 e. The lowest BCUT2D eigenvalue weighted by atomic mass is 9.86. The number of carboxylic acids is 1. The first-order valence-electron chi connectivity index (χ1n) is 6.69. The Morgan fingerprint density at radius 3 is 2.95 bits per heavy atom. The molecule has 8 heteroatoms. The van der Waals surface area contributed by atoms with Gasteiger partial charge in [0.25, 0.3) is 0 Å². The SMILES string of the molecule is NCc1cn(CC(=O)NC2CCCC(C(=O)O)C2)nn1. The van der Waals surface area contributed by atoms with Gasteiger partial charge in [0.1, 0.15) is 6.54 Å². The Hall–Kier alpha value is -1.96. The van der Waals surface area contributed by atoms with E-state index in [0.29, 0.717) is 18.5 Å². The van der Waals surface area contributed by atoms with Crippen molar-refractivity contribution >= 4 is 11.9 Å². The highest BCUT2D eigenvalue weighted by molar-refractivity contribution is 5.76. The van der Waals surface area contributed by atoms with Crippen LogP contribution >= 0.6 is 0 Å². The maximum absolute atomic E-state index is 11.9. The minimum absolute atomic E-state index is 0.0707. The molecule has 1 saturated carbocycles. The molecule has 4 N–H and O–H groups in total. The van der Waals surface area contributed by atoms with E-state index in [-0.39, 0.29) is 31.0 Å². The lowest BCUT2D eigenvalue weighted by molar-refractivity contribution is -0.143. The van der Waals surface area contributed by atoms with E-state index in [1.807, 2.05) is 0 Å². The van der Waals surface area contributed by atoms with E-state index in [4.69, 9.17) is 10.8 Å². The van der Waals surface area contributed by atoms with Gasteiger partial charge in [-0.05, 0) is 19.3 Å². The summed E-state index contributed by atoms with van der Waals surface area (Å²) in [6.07, 6.45) is 4.45. The number of aromatic nitrogens is 3. The number of nitrogens with zero attached hydrogens (tertiary/aromatic N) is 3. The third kappa shape index (κ3) is 3.77. The van der Waals surface area contributed by atoms with Gasteiger partial charge in [-0.1, -0.05) is 11.6 Å². The molecule has 1 amide bonds. The van der Waals surface area contributed by atoms with Crippen molar-refractivity contribution in [2.24, 2.45) is 11.7 Å². The molecule has 0 bridgehead atoms. The van der Waals surface area contributed by atoms with Crippen LogP contribution in [0.3, 0.4) is 0 Å². The van der Waals surface area contributed by atoms with Crippen LogP contribution in [0, 0.1) is 5.92 Å². The molecule has 1 aromatic rings. The first kappa shape index (κ1) is 14.4. The molecule has 20 heavy (non-hydrogen) atoms. The molecule has 0 saturated heterocycles. The lowest BCUT2D eigenvalue weighted by Crippen LogP contribution is -2.41. The molecular formula is C12H19N5O3. The third-order valence-electron chi connectivity index (χ3n) is 3.49. The number of hydrogen-bond donors (Lipinski definition) is 3. The van der Waals surface area contributed by atoms with Crippen LogP contribution in [-0.4, -0.2) is 38.0 Å². The Kier molecular flexibility index (Phi) is 4.67. The minimum atomic E-state index is -0.784. The van der Waals surface area contributed by atoms with E-state index in [0.717, 1.165) is 12.8 Å². The second-order valence-corrected chi connectivity index (χ2v) is 5.08. The predicted molar refractivity (Wildman–Crippen MR) is 69.4 cm³/mol. The fourth-order valence-electron chi connectivity index (χ4n) is 2.47. The lowest BCUT2D eigenvalue weighted by Gasteiger charge is -2.27. The second kappa shape index (κ2) is 6.47. The van der Waals surface area contributed by atoms with Gasteiger partial charge in [0.2, 0.25) is 5.91 Å². The Labute approximate surface area is 116 Å². The zero-order valence-corrected chi connectivity index (χ0v) is 11.2. The molecule has 1 aliphatic carbocycles. The van der Waals surface area contributed by atoms with Gasteiger partial charge >= 0.3 is 5.97 Å². The first-order valence-corrected chi connectivity index (χ1v) is 6.69. The maximum Gasteiger partial charge on any atom is 0.306 e. The largest absolute Gasteiger partial charge is 0.481 e. The summed E-state index contributed by atoms with van der Waals surface area (Å²) in [5.41, 5.74) is 6.04. The number of carboxylic acid groups (broad SMARTS) is 1. The molecule has 8 nitrogen and oxygen atoms in total. The monoisotopic (exact) mass is 281 g/mol. The van der Waals surface area contributed by atoms with Gasteiger partial charge in [0.15, 0.2) is 0 Å². The first-order chi connectivity index (χ1) is 9.58. The quantitative estimate of drug-likeness (QED) is 0.668. The highest BCUT2D eigenvalue weighted by Crippen LogP contribution is 2.24. The smallest absolute Gasteiger partial charge is 0.306 e. The standard InChI is InChI=1S/C12H19N5O3/c13-5-10-6-17(16-15-10)7-11(18)14-9-3-1-2-8(4-9)12(19)20/h6,8-9H,1-5,7,13H2,(H,14,18)(H,19,20). The van der Waals surface area contributed by atoms with Crippen LogP contribution in [0.15, 0.2) is 6.20 Å². The molecule has 1 heterocycles. The van der Waals surface area contributed by atoms with Crippen molar-refractivity contribution in [3.05, 3.63) is 11.9 Å². The number of amides is 1. The van der Waals surface area contributed by atoms with Crippen LogP contribution in [0.5, 0.6) is 0 Å². The second-order valence-electron chi connectivity index (χ2n) is 5.08. The third-order valence-corrected chi connectivity index (χ3v) is 3.49. The van der Waals surface area contributed by atoms with Gasteiger partial charge in [-0.3, -0.25) is 9.59 Å². The Morgan fingerprint density at radius 1 is 1.50 bits per heavy atom. The number of aliphatic carboxylic acids is 1. The fourth-order valence-corrected chi connectivity index (χ4v) is 2.47. The van der Waals surface area contributed by atoms with Gasteiger partial charge in [-0.25, -0.2) is 4.68 Å². The Balaban J connectivity index is 1.83. The summed E-state index contributed by atoms with van der Waals surface area (Å²) in [5, 5.41) is 19.5. The van der Waals surface area contributed by atoms with Crippen LogP contribution in [0.25, 0.3) is 0 Å². The predicted octanol–water partition coefficient (Wildman–Crippen LogP) is -0.504. The van der Waals surface area contributed by atoms with E-state index in [1.165, 1.54) is 4.68 Å². The molecule has 2 rings (SSSR count). The number of nitrogens with one attached hydrogen (secondary N) is 1. The van der Waals surface area contributed by atoms with Crippen molar-refractivity contribution in [1.82, 2.24) is 20.3 Å². The van der Waals surface area contributed by atoms with E-state index in [9.17, 15) is 9.59 Å². The van der Waals surface area contributed by atoms with Crippen molar-refractivity contribution < 1.29 is 14.7 Å². The molecule has 0 radical (unpaired) electrons. The average molecular weight is 281 g/mol. The van der Waals surface area contributed by atoms with Crippen molar-refractivity contribution in [3.8, 4) is 0 Å². The zero-order chi connectivity index (χ0) is 14.5. The zero-order valence-electron chi connectivity index (χ0n) is 11.2. The highest BCUT2D eigenvalue weighted by Gasteiger charge is 2.27. The molecule has 0 spiro atoms. The summed E-state index contributed by atoms with van der Waals surface area (Å²) in [6, 6.07) is -0.0742. The molecule has 0 aromatic carbocycles. The van der Waals surface area contributed by atoms with Crippen LogP contribution in [0.1, 0.15) is 31.4 Å². The number of carbonyl (C=O) groups excluding carboxylic acids is 1. The van der Waals surface area contributed by atoms with Gasteiger partial charge in [0.05, 0.1) is 17.8 Å². The molecule has 1 fully saturated rings. The van der Waals surface area contributed by atoms with Gasteiger partial charge in [-0.2, -0.15) is 0 Å². The molecule has 0 aliphatic heterocycles. The van der Waals surface area contributed by atoms with E-state index in [2.05, 4.69) is 15.6 Å². The summed E-state index contributed by atoms with van der Waals surface area (Å²) in [6.45, 7) is 0.353. The van der Waals surface area contributed by atoms with Crippen molar-refractivity contribution in [1.29, 1.82) is 0 Å². The molecule has 1 aliphatic rings. The Bertz CT molecular complexity index is 487. The molecule has 2 atom stereocenters. The number of rotatable bonds is 5. The van der Waals surface area contributed by atoms with Crippen molar-refractivity contribution in [3.63, 3.8) is 0 Å². The Morgan fingerprint density at radius 2 is 2.30 bits per heavy atom. The summed E-state index contributed by atoms with van der Waals surface area (Å²) >= 11 is 0. The van der Waals surface area contributed by atoms with E-state index < -0.39 is 5.97 Å². The molecule has 110 valence electrons. The number of carbonyl (C=O) groups is 2. The fraction of sp³-hybridized carbons (Fsp3) is 0.667. The van der Waals surface area contributed by atoms with Gasteiger partial charge < -0.3 is 16.2 Å². The average Bonchev–Trinajstić information content (AvgIpc) is 2.86. The van der Waals surface area contributed by atoms with Crippen molar-refractivity contribution in [2.45, 2.75) is 44.8 Å². The van der Waals surface area contributed by atoms with Crippen LogP contribution in [0.2, 0.25) is 0 Å². The van der Waals surface area contributed by atoms with E-state index in [1.54, 1.807) is 6.20 Å².